The molecule has 0 radical (unpaired) electrons. The number of rotatable bonds is 7. The zero-order valence-corrected chi connectivity index (χ0v) is 20.8. The molecule has 1 fully saturated rings. The van der Waals surface area contributed by atoms with E-state index in [1.807, 2.05) is 36.4 Å². The highest BCUT2D eigenvalue weighted by molar-refractivity contribution is 7.91. The third-order valence-electron chi connectivity index (χ3n) is 5.68. The van der Waals surface area contributed by atoms with Crippen LogP contribution in [0.15, 0.2) is 64.3 Å². The van der Waals surface area contributed by atoms with Crippen molar-refractivity contribution in [2.75, 3.05) is 18.6 Å². The Balaban J connectivity index is 1.54. The second-order valence-electron chi connectivity index (χ2n) is 7.75. The lowest BCUT2D eigenvalue weighted by Gasteiger charge is -2.28. The van der Waals surface area contributed by atoms with Gasteiger partial charge in [0.05, 0.1) is 24.0 Å². The summed E-state index contributed by atoms with van der Waals surface area (Å²) in [5.74, 6) is 0.314. The summed E-state index contributed by atoms with van der Waals surface area (Å²) in [5, 5.41) is 2.21. The lowest BCUT2D eigenvalue weighted by molar-refractivity contribution is -0.121. The minimum absolute atomic E-state index is 0.186. The Bertz CT molecular complexity index is 1400. The predicted octanol–water partition coefficient (Wildman–Crippen LogP) is 4.15. The van der Waals surface area contributed by atoms with Gasteiger partial charge in [0.2, 0.25) is 5.91 Å². The van der Waals surface area contributed by atoms with Crippen LogP contribution in [0.1, 0.15) is 18.5 Å². The molecule has 1 aliphatic heterocycles. The number of methoxy groups -OCH3 is 1. The fraction of sp³-hybridized carbons (Fsp3) is 0.261. The maximum atomic E-state index is 13.9. The first-order chi connectivity index (χ1) is 16.5. The van der Waals surface area contributed by atoms with E-state index >= 15 is 0 Å². The SMILES string of the molecule is COc1cccc2sc(N(Cc3ccccn3)C(=O)C3CCCN3S(=O)(=O)c3cccs3)nc12. The fourth-order valence-electron chi connectivity index (χ4n) is 4.07. The number of aromatic nitrogens is 2. The first-order valence-corrected chi connectivity index (χ1v) is 13.8. The van der Waals surface area contributed by atoms with Gasteiger partial charge in [-0.2, -0.15) is 4.31 Å². The van der Waals surface area contributed by atoms with Crippen LogP contribution >= 0.6 is 22.7 Å². The highest BCUT2D eigenvalue weighted by Crippen LogP contribution is 2.36. The molecule has 176 valence electrons. The second-order valence-corrected chi connectivity index (χ2v) is 11.8. The molecule has 5 rings (SSSR count). The molecule has 0 bridgehead atoms. The number of carbonyl (C=O) groups excluding carboxylic acids is 1. The number of amides is 1. The summed E-state index contributed by atoms with van der Waals surface area (Å²) in [4.78, 5) is 24.6. The van der Waals surface area contributed by atoms with Crippen molar-refractivity contribution in [1.82, 2.24) is 14.3 Å². The maximum Gasteiger partial charge on any atom is 0.253 e. The summed E-state index contributed by atoms with van der Waals surface area (Å²) in [6.07, 6.45) is 2.74. The van der Waals surface area contributed by atoms with Crippen molar-refractivity contribution in [1.29, 1.82) is 0 Å². The van der Waals surface area contributed by atoms with Gasteiger partial charge < -0.3 is 4.74 Å². The number of carbonyl (C=O) groups is 1. The molecule has 1 atom stereocenters. The molecule has 1 saturated heterocycles. The fourth-order valence-corrected chi connectivity index (χ4v) is 7.82. The van der Waals surface area contributed by atoms with Crippen LogP contribution in [-0.2, 0) is 21.4 Å². The molecular weight excluding hydrogens is 492 g/mol. The molecule has 1 amide bonds. The molecule has 0 N–H and O–H groups in total. The zero-order chi connectivity index (χ0) is 23.7. The summed E-state index contributed by atoms with van der Waals surface area (Å²) in [5.41, 5.74) is 1.35. The molecule has 4 aromatic rings. The van der Waals surface area contributed by atoms with Crippen molar-refractivity contribution in [3.8, 4) is 5.75 Å². The molecule has 0 saturated carbocycles. The van der Waals surface area contributed by atoms with E-state index in [0.717, 1.165) is 16.0 Å². The standard InChI is InChI=1S/C23H22N4O4S3/c1-31-18-9-4-10-19-21(18)25-23(33-19)26(15-16-7-2-3-12-24-16)22(28)17-8-5-13-27(17)34(29,30)20-11-6-14-32-20/h2-4,6-7,9-12,14,17H,5,8,13,15H2,1H3. The maximum absolute atomic E-state index is 13.9. The number of pyridine rings is 1. The van der Waals surface area contributed by atoms with E-state index in [1.165, 1.54) is 15.6 Å². The van der Waals surface area contributed by atoms with E-state index in [-0.39, 0.29) is 16.7 Å². The highest BCUT2D eigenvalue weighted by atomic mass is 32.2. The van der Waals surface area contributed by atoms with Gasteiger partial charge in [-0.3, -0.25) is 14.7 Å². The van der Waals surface area contributed by atoms with E-state index in [4.69, 9.17) is 9.72 Å². The molecule has 4 heterocycles. The summed E-state index contributed by atoms with van der Waals surface area (Å²) in [6.45, 7) is 0.493. The number of benzene rings is 1. The number of ether oxygens (including phenoxy) is 1. The molecule has 0 aliphatic carbocycles. The van der Waals surface area contributed by atoms with Crippen molar-refractivity contribution < 1.29 is 17.9 Å². The van der Waals surface area contributed by atoms with Crippen LogP contribution in [0.5, 0.6) is 5.75 Å². The third kappa shape index (κ3) is 4.20. The van der Waals surface area contributed by atoms with Crippen molar-refractivity contribution in [3.05, 3.63) is 65.8 Å². The number of anilines is 1. The average molecular weight is 515 g/mol. The monoisotopic (exact) mass is 514 g/mol. The number of sulfonamides is 1. The van der Waals surface area contributed by atoms with Crippen LogP contribution in [-0.4, -0.2) is 48.3 Å². The lowest BCUT2D eigenvalue weighted by Crippen LogP contribution is -2.47. The molecule has 1 aliphatic rings. The molecule has 11 heteroatoms. The van der Waals surface area contributed by atoms with Gasteiger partial charge in [-0.05, 0) is 48.6 Å². The summed E-state index contributed by atoms with van der Waals surface area (Å²) in [7, 11) is -2.18. The lowest BCUT2D eigenvalue weighted by atomic mass is 10.2. The molecule has 34 heavy (non-hydrogen) atoms. The molecular formula is C23H22N4O4S3. The van der Waals surface area contributed by atoms with Gasteiger partial charge in [0.25, 0.3) is 10.0 Å². The van der Waals surface area contributed by atoms with E-state index in [0.29, 0.717) is 41.5 Å². The number of nitrogens with zero attached hydrogens (tertiary/aromatic N) is 4. The van der Waals surface area contributed by atoms with Crippen LogP contribution < -0.4 is 9.64 Å². The Morgan fingerprint density at radius 3 is 2.82 bits per heavy atom. The van der Waals surface area contributed by atoms with Crippen molar-refractivity contribution in [2.24, 2.45) is 0 Å². The predicted molar refractivity (Wildman–Crippen MR) is 133 cm³/mol. The zero-order valence-electron chi connectivity index (χ0n) is 18.3. The van der Waals surface area contributed by atoms with E-state index in [2.05, 4.69) is 4.98 Å². The minimum atomic E-state index is -3.76. The number of thiazole rings is 1. The van der Waals surface area contributed by atoms with Crippen LogP contribution in [0.2, 0.25) is 0 Å². The summed E-state index contributed by atoms with van der Waals surface area (Å²) in [6, 6.07) is 13.6. The quantitative estimate of drug-likeness (QED) is 0.368. The molecule has 1 unspecified atom stereocenters. The van der Waals surface area contributed by atoms with Crippen molar-refractivity contribution in [2.45, 2.75) is 29.6 Å². The molecule has 1 aromatic carbocycles. The van der Waals surface area contributed by atoms with Crippen LogP contribution in [0.4, 0.5) is 5.13 Å². The van der Waals surface area contributed by atoms with Crippen molar-refractivity contribution >= 4 is 54.0 Å². The smallest absolute Gasteiger partial charge is 0.253 e. The Morgan fingerprint density at radius 1 is 1.21 bits per heavy atom. The van der Waals surface area contributed by atoms with Gasteiger partial charge in [-0.15, -0.1) is 11.3 Å². The molecule has 8 nitrogen and oxygen atoms in total. The van der Waals surface area contributed by atoms with Gasteiger partial charge in [-0.25, -0.2) is 13.4 Å². The van der Waals surface area contributed by atoms with E-state index in [9.17, 15) is 13.2 Å². The number of para-hydroxylation sites is 1. The van der Waals surface area contributed by atoms with Gasteiger partial charge in [-0.1, -0.05) is 29.5 Å². The molecule has 0 spiro atoms. The Morgan fingerprint density at radius 2 is 2.09 bits per heavy atom. The van der Waals surface area contributed by atoms with Crippen LogP contribution in [0, 0.1) is 0 Å². The van der Waals surface area contributed by atoms with Gasteiger partial charge in [0.15, 0.2) is 5.13 Å². The Kier molecular flexibility index (Phi) is 6.34. The van der Waals surface area contributed by atoms with Crippen LogP contribution in [0.25, 0.3) is 10.2 Å². The van der Waals surface area contributed by atoms with E-state index < -0.39 is 16.1 Å². The van der Waals surface area contributed by atoms with Gasteiger partial charge in [0, 0.05) is 12.7 Å². The first-order valence-electron chi connectivity index (χ1n) is 10.7. The van der Waals surface area contributed by atoms with Gasteiger partial charge >= 0.3 is 0 Å². The minimum Gasteiger partial charge on any atom is -0.494 e. The Hall–Kier alpha value is -2.86. The summed E-state index contributed by atoms with van der Waals surface area (Å²) >= 11 is 2.52. The van der Waals surface area contributed by atoms with Crippen molar-refractivity contribution in [3.63, 3.8) is 0 Å². The number of hydrogen-bond donors (Lipinski definition) is 0. The van der Waals surface area contributed by atoms with Gasteiger partial charge in [0.1, 0.15) is 21.5 Å². The topological polar surface area (TPSA) is 92.7 Å². The highest BCUT2D eigenvalue weighted by Gasteiger charge is 2.42. The first kappa shape index (κ1) is 22.9. The Labute approximate surface area is 205 Å². The third-order valence-corrected chi connectivity index (χ3v) is 10.0. The summed E-state index contributed by atoms with van der Waals surface area (Å²) < 4.78 is 34.5. The van der Waals surface area contributed by atoms with E-state index in [1.54, 1.807) is 35.7 Å². The molecule has 3 aromatic heterocycles. The van der Waals surface area contributed by atoms with Crippen LogP contribution in [0.3, 0.4) is 0 Å². The average Bonchev–Trinajstić information content (AvgIpc) is 3.62. The normalized spacial score (nSPS) is 16.7. The number of thiophene rings is 1. The number of hydrogen-bond acceptors (Lipinski definition) is 8. The largest absolute Gasteiger partial charge is 0.494 e. The number of fused-ring (bicyclic) bond motifs is 1. The second kappa shape index (κ2) is 9.41.